The number of rotatable bonds is 5. The number of carbonyl (C=O) groups excluding carboxylic acids is 2. The molecule has 0 bridgehead atoms. The van der Waals surface area contributed by atoms with Gasteiger partial charge in [-0.1, -0.05) is 53.8 Å². The summed E-state index contributed by atoms with van der Waals surface area (Å²) in [6, 6.07) is 8.01. The van der Waals surface area contributed by atoms with Crippen molar-refractivity contribution in [2.75, 3.05) is 32.8 Å². The van der Waals surface area contributed by atoms with Crippen LogP contribution in [-0.2, 0) is 14.3 Å². The SMILES string of the molecule is Cc1ccc(/C=C2\SC(=S)N(CCCC(=O)N3CCOCC3)C2=O)cc1. The first kappa shape index (κ1) is 19.1. The molecule has 3 rings (SSSR count). The molecule has 2 heterocycles. The van der Waals surface area contributed by atoms with Gasteiger partial charge in [-0.2, -0.15) is 0 Å². The molecule has 138 valence electrons. The van der Waals surface area contributed by atoms with E-state index in [0.29, 0.717) is 54.9 Å². The lowest BCUT2D eigenvalue weighted by Gasteiger charge is -2.27. The van der Waals surface area contributed by atoms with Crippen LogP contribution in [0.5, 0.6) is 0 Å². The Kier molecular flexibility index (Phi) is 6.45. The molecule has 2 aliphatic heterocycles. The highest BCUT2D eigenvalue weighted by molar-refractivity contribution is 8.26. The average Bonchev–Trinajstić information content (AvgIpc) is 2.91. The molecule has 1 aromatic carbocycles. The monoisotopic (exact) mass is 390 g/mol. The van der Waals surface area contributed by atoms with Crippen molar-refractivity contribution < 1.29 is 14.3 Å². The molecular formula is C19H22N2O3S2. The maximum atomic E-state index is 12.6. The summed E-state index contributed by atoms with van der Waals surface area (Å²) in [5.41, 5.74) is 2.17. The zero-order valence-corrected chi connectivity index (χ0v) is 16.4. The highest BCUT2D eigenvalue weighted by Crippen LogP contribution is 2.32. The minimum absolute atomic E-state index is 0.0700. The second-order valence-corrected chi connectivity index (χ2v) is 8.02. The minimum atomic E-state index is -0.0700. The topological polar surface area (TPSA) is 49.9 Å². The summed E-state index contributed by atoms with van der Waals surface area (Å²) in [5.74, 6) is 0.0494. The van der Waals surface area contributed by atoms with E-state index < -0.39 is 0 Å². The predicted molar refractivity (Wildman–Crippen MR) is 108 cm³/mol. The van der Waals surface area contributed by atoms with Crippen LogP contribution in [0, 0.1) is 6.92 Å². The van der Waals surface area contributed by atoms with Crippen molar-refractivity contribution in [3.8, 4) is 0 Å². The molecule has 2 fully saturated rings. The molecule has 2 aliphatic rings. The summed E-state index contributed by atoms with van der Waals surface area (Å²) in [6.07, 6.45) is 2.91. The Hall–Kier alpha value is -1.70. The zero-order valence-electron chi connectivity index (χ0n) is 14.8. The lowest BCUT2D eigenvalue weighted by atomic mass is 10.1. The van der Waals surface area contributed by atoms with Crippen LogP contribution in [0.25, 0.3) is 6.08 Å². The van der Waals surface area contributed by atoms with Gasteiger partial charge in [-0.05, 0) is 25.0 Å². The van der Waals surface area contributed by atoms with Gasteiger partial charge in [0.25, 0.3) is 5.91 Å². The van der Waals surface area contributed by atoms with Crippen molar-refractivity contribution in [3.63, 3.8) is 0 Å². The maximum absolute atomic E-state index is 12.6. The molecule has 2 amide bonds. The number of benzene rings is 1. The number of morpholine rings is 1. The predicted octanol–water partition coefficient (Wildman–Crippen LogP) is 2.84. The van der Waals surface area contributed by atoms with E-state index in [1.54, 1.807) is 4.90 Å². The standard InChI is InChI=1S/C19H22N2O3S2/c1-14-4-6-15(7-5-14)13-16-18(23)21(19(25)26-16)8-2-3-17(22)20-9-11-24-12-10-20/h4-7,13H,2-3,8-12H2,1H3/b16-13-. The van der Waals surface area contributed by atoms with Gasteiger partial charge < -0.3 is 9.64 Å². The number of amides is 2. The molecule has 0 saturated carbocycles. The lowest BCUT2D eigenvalue weighted by Crippen LogP contribution is -2.41. The summed E-state index contributed by atoms with van der Waals surface area (Å²) in [6.45, 7) is 5.01. The van der Waals surface area contributed by atoms with Gasteiger partial charge in [0.1, 0.15) is 4.32 Å². The Labute approximate surface area is 163 Å². The van der Waals surface area contributed by atoms with Crippen LogP contribution in [-0.4, -0.2) is 58.8 Å². The van der Waals surface area contributed by atoms with E-state index in [-0.39, 0.29) is 11.8 Å². The van der Waals surface area contributed by atoms with Crippen LogP contribution in [0.3, 0.4) is 0 Å². The summed E-state index contributed by atoms with van der Waals surface area (Å²) in [5, 5.41) is 0. The van der Waals surface area contributed by atoms with Crippen LogP contribution in [0.15, 0.2) is 29.2 Å². The minimum Gasteiger partial charge on any atom is -0.378 e. The maximum Gasteiger partial charge on any atom is 0.266 e. The van der Waals surface area contributed by atoms with Crippen molar-refractivity contribution in [2.24, 2.45) is 0 Å². The van der Waals surface area contributed by atoms with E-state index in [0.717, 1.165) is 5.56 Å². The fourth-order valence-corrected chi connectivity index (χ4v) is 4.17. The average molecular weight is 391 g/mol. The van der Waals surface area contributed by atoms with Gasteiger partial charge in [-0.3, -0.25) is 14.5 Å². The summed E-state index contributed by atoms with van der Waals surface area (Å²) < 4.78 is 5.82. The number of nitrogens with zero attached hydrogens (tertiary/aromatic N) is 2. The first-order valence-electron chi connectivity index (χ1n) is 8.72. The molecule has 0 spiro atoms. The molecule has 0 atom stereocenters. The molecule has 26 heavy (non-hydrogen) atoms. The number of carbonyl (C=O) groups is 2. The normalized spacial score (nSPS) is 19.5. The Morgan fingerprint density at radius 2 is 1.96 bits per heavy atom. The molecule has 0 aliphatic carbocycles. The molecule has 0 aromatic heterocycles. The van der Waals surface area contributed by atoms with E-state index in [4.69, 9.17) is 17.0 Å². The molecule has 0 radical (unpaired) electrons. The van der Waals surface area contributed by atoms with Crippen molar-refractivity contribution in [1.82, 2.24) is 9.80 Å². The number of aryl methyl sites for hydroxylation is 1. The smallest absolute Gasteiger partial charge is 0.266 e. The van der Waals surface area contributed by atoms with Crippen molar-refractivity contribution >= 4 is 46.2 Å². The highest BCUT2D eigenvalue weighted by Gasteiger charge is 2.31. The zero-order chi connectivity index (χ0) is 18.5. The van der Waals surface area contributed by atoms with Crippen molar-refractivity contribution in [1.29, 1.82) is 0 Å². The Morgan fingerprint density at radius 1 is 1.27 bits per heavy atom. The second kappa shape index (κ2) is 8.79. The summed E-state index contributed by atoms with van der Waals surface area (Å²) in [4.78, 5) is 28.9. The van der Waals surface area contributed by atoms with Crippen LogP contribution < -0.4 is 0 Å². The lowest BCUT2D eigenvalue weighted by molar-refractivity contribution is -0.135. The summed E-state index contributed by atoms with van der Waals surface area (Å²) >= 11 is 6.68. The van der Waals surface area contributed by atoms with E-state index in [2.05, 4.69) is 0 Å². The van der Waals surface area contributed by atoms with Crippen LogP contribution in [0.1, 0.15) is 24.0 Å². The van der Waals surface area contributed by atoms with Crippen molar-refractivity contribution in [3.05, 3.63) is 40.3 Å². The van der Waals surface area contributed by atoms with Crippen LogP contribution in [0.4, 0.5) is 0 Å². The van der Waals surface area contributed by atoms with Gasteiger partial charge in [0.05, 0.1) is 18.1 Å². The first-order chi connectivity index (χ1) is 12.5. The molecule has 1 aromatic rings. The Bertz CT molecular complexity index is 725. The van der Waals surface area contributed by atoms with Crippen LogP contribution in [0.2, 0.25) is 0 Å². The largest absolute Gasteiger partial charge is 0.378 e. The van der Waals surface area contributed by atoms with Gasteiger partial charge in [0.2, 0.25) is 5.91 Å². The Balaban J connectivity index is 1.53. The van der Waals surface area contributed by atoms with E-state index in [9.17, 15) is 9.59 Å². The third-order valence-corrected chi connectivity index (χ3v) is 5.76. The molecule has 2 saturated heterocycles. The number of ether oxygens (including phenoxy) is 1. The van der Waals surface area contributed by atoms with Crippen molar-refractivity contribution in [2.45, 2.75) is 19.8 Å². The van der Waals surface area contributed by atoms with E-state index in [1.807, 2.05) is 42.2 Å². The third kappa shape index (κ3) is 4.72. The second-order valence-electron chi connectivity index (χ2n) is 6.34. The van der Waals surface area contributed by atoms with Gasteiger partial charge in [-0.25, -0.2) is 0 Å². The quantitative estimate of drug-likeness (QED) is 0.572. The van der Waals surface area contributed by atoms with Gasteiger partial charge in [0, 0.05) is 26.1 Å². The van der Waals surface area contributed by atoms with Gasteiger partial charge >= 0.3 is 0 Å². The number of hydrogen-bond donors (Lipinski definition) is 0. The molecular weight excluding hydrogens is 368 g/mol. The van der Waals surface area contributed by atoms with Gasteiger partial charge in [-0.15, -0.1) is 0 Å². The molecule has 0 N–H and O–H groups in total. The number of thioether (sulfide) groups is 1. The molecule has 7 heteroatoms. The third-order valence-electron chi connectivity index (χ3n) is 4.38. The number of hydrogen-bond acceptors (Lipinski definition) is 5. The molecule has 0 unspecified atom stereocenters. The van der Waals surface area contributed by atoms with E-state index >= 15 is 0 Å². The van der Waals surface area contributed by atoms with Gasteiger partial charge in [0.15, 0.2) is 0 Å². The fourth-order valence-electron chi connectivity index (χ4n) is 2.87. The van der Waals surface area contributed by atoms with E-state index in [1.165, 1.54) is 17.3 Å². The first-order valence-corrected chi connectivity index (χ1v) is 9.94. The fraction of sp³-hybridized carbons (Fsp3) is 0.421. The molecule has 5 nitrogen and oxygen atoms in total. The summed E-state index contributed by atoms with van der Waals surface area (Å²) in [7, 11) is 0. The van der Waals surface area contributed by atoms with Crippen LogP contribution >= 0.6 is 24.0 Å². The highest BCUT2D eigenvalue weighted by atomic mass is 32.2. The Morgan fingerprint density at radius 3 is 2.65 bits per heavy atom. The number of thiocarbonyl (C=S) groups is 1.